The number of nitrogens with one attached hydrogen (secondary N) is 2. The van der Waals surface area contributed by atoms with Crippen LogP contribution in [0, 0.1) is 12.8 Å². The Bertz CT molecular complexity index is 568. The topological polar surface area (TPSA) is 58.2 Å². The van der Waals surface area contributed by atoms with Gasteiger partial charge in [-0.2, -0.15) is 0 Å². The summed E-state index contributed by atoms with van der Waals surface area (Å²) in [6, 6.07) is 3.32. The summed E-state index contributed by atoms with van der Waals surface area (Å²) in [5.74, 6) is 0.506. The molecule has 2 N–H and O–H groups in total. The maximum Gasteiger partial charge on any atom is 0.240 e. The summed E-state index contributed by atoms with van der Waals surface area (Å²) in [4.78, 5) is 0.283. The first-order chi connectivity index (χ1) is 8.94. The number of sulfonamides is 1. The maximum absolute atomic E-state index is 12.3. The van der Waals surface area contributed by atoms with Crippen molar-refractivity contribution in [3.05, 3.63) is 28.3 Å². The molecule has 2 rings (SSSR count). The Kier molecular flexibility index (Phi) is 4.50. The average molecular weight is 303 g/mol. The van der Waals surface area contributed by atoms with Crippen LogP contribution in [0.4, 0.5) is 0 Å². The number of benzene rings is 1. The molecule has 0 unspecified atom stereocenters. The Morgan fingerprint density at radius 3 is 2.63 bits per heavy atom. The molecule has 1 aliphatic rings. The molecule has 1 aromatic carbocycles. The van der Waals surface area contributed by atoms with Gasteiger partial charge in [-0.1, -0.05) is 11.6 Å². The second-order valence-electron chi connectivity index (χ2n) is 5.01. The molecule has 106 valence electrons. The van der Waals surface area contributed by atoms with Gasteiger partial charge in [0.1, 0.15) is 0 Å². The molecule has 4 nitrogen and oxygen atoms in total. The second kappa shape index (κ2) is 5.79. The average Bonchev–Trinajstić information content (AvgIpc) is 3.15. The lowest BCUT2D eigenvalue weighted by atomic mass is 10.1. The van der Waals surface area contributed by atoms with E-state index in [4.69, 9.17) is 11.6 Å². The van der Waals surface area contributed by atoms with Crippen LogP contribution >= 0.6 is 11.6 Å². The lowest BCUT2D eigenvalue weighted by molar-refractivity contribution is 0.576. The molecule has 0 aromatic heterocycles. The fourth-order valence-electron chi connectivity index (χ4n) is 1.99. The van der Waals surface area contributed by atoms with E-state index in [1.165, 1.54) is 6.07 Å². The van der Waals surface area contributed by atoms with Crippen LogP contribution in [-0.2, 0) is 16.6 Å². The van der Waals surface area contributed by atoms with E-state index in [0.29, 0.717) is 24.0 Å². The van der Waals surface area contributed by atoms with Gasteiger partial charge in [-0.15, -0.1) is 0 Å². The van der Waals surface area contributed by atoms with Gasteiger partial charge in [0, 0.05) is 18.1 Å². The van der Waals surface area contributed by atoms with E-state index >= 15 is 0 Å². The van der Waals surface area contributed by atoms with Crippen molar-refractivity contribution in [1.82, 2.24) is 10.0 Å². The van der Waals surface area contributed by atoms with Crippen LogP contribution in [0.3, 0.4) is 0 Å². The van der Waals surface area contributed by atoms with Gasteiger partial charge in [0.15, 0.2) is 0 Å². The van der Waals surface area contributed by atoms with Crippen LogP contribution in [0.5, 0.6) is 0 Å². The van der Waals surface area contributed by atoms with Crippen molar-refractivity contribution >= 4 is 21.6 Å². The van der Waals surface area contributed by atoms with Crippen molar-refractivity contribution in [1.29, 1.82) is 0 Å². The first kappa shape index (κ1) is 14.8. The SMILES string of the molecule is CNCc1cc(Cl)cc(S(=O)(=O)NCC2CC2)c1C. The highest BCUT2D eigenvalue weighted by Crippen LogP contribution is 2.29. The number of halogens is 1. The van der Waals surface area contributed by atoms with E-state index in [-0.39, 0.29) is 4.90 Å². The second-order valence-corrected chi connectivity index (χ2v) is 7.19. The minimum absolute atomic E-state index is 0.283. The molecule has 1 aromatic rings. The first-order valence-electron chi connectivity index (χ1n) is 6.37. The number of rotatable bonds is 6. The van der Waals surface area contributed by atoms with Crippen LogP contribution < -0.4 is 10.0 Å². The Morgan fingerprint density at radius 1 is 1.37 bits per heavy atom. The maximum atomic E-state index is 12.3. The summed E-state index contributed by atoms with van der Waals surface area (Å²) in [6.45, 7) is 2.93. The summed E-state index contributed by atoms with van der Waals surface area (Å²) >= 11 is 6.02. The molecule has 1 fully saturated rings. The van der Waals surface area contributed by atoms with Crippen molar-refractivity contribution in [2.24, 2.45) is 5.92 Å². The summed E-state index contributed by atoms with van der Waals surface area (Å²) in [5.41, 5.74) is 1.66. The fourth-order valence-corrected chi connectivity index (χ4v) is 3.72. The highest BCUT2D eigenvalue weighted by atomic mass is 35.5. The monoisotopic (exact) mass is 302 g/mol. The fraction of sp³-hybridized carbons (Fsp3) is 0.538. The van der Waals surface area contributed by atoms with Crippen LogP contribution in [0.25, 0.3) is 0 Å². The predicted molar refractivity (Wildman–Crippen MR) is 76.9 cm³/mol. The van der Waals surface area contributed by atoms with Gasteiger partial charge in [0.2, 0.25) is 10.0 Å². The molecule has 6 heteroatoms. The molecule has 1 aliphatic carbocycles. The molecular weight excluding hydrogens is 284 g/mol. The molecular formula is C13H19ClN2O2S. The van der Waals surface area contributed by atoms with Crippen LogP contribution in [0.15, 0.2) is 17.0 Å². The Morgan fingerprint density at radius 2 is 2.05 bits per heavy atom. The van der Waals surface area contributed by atoms with E-state index in [9.17, 15) is 8.42 Å². The molecule has 1 saturated carbocycles. The zero-order valence-electron chi connectivity index (χ0n) is 11.2. The van der Waals surface area contributed by atoms with Gasteiger partial charge in [-0.3, -0.25) is 0 Å². The van der Waals surface area contributed by atoms with Crippen LogP contribution in [0.1, 0.15) is 24.0 Å². The van der Waals surface area contributed by atoms with Crippen LogP contribution in [-0.4, -0.2) is 22.0 Å². The quantitative estimate of drug-likeness (QED) is 0.845. The standard InChI is InChI=1S/C13H19ClN2O2S/c1-9-11(8-15-2)5-12(14)6-13(9)19(17,18)16-7-10-3-4-10/h5-6,10,15-16H,3-4,7-8H2,1-2H3. The smallest absolute Gasteiger partial charge is 0.240 e. The van der Waals surface area contributed by atoms with Gasteiger partial charge in [0.05, 0.1) is 4.90 Å². The Hall–Kier alpha value is -0.620. The molecule has 0 saturated heterocycles. The van der Waals surface area contributed by atoms with Gasteiger partial charge in [0.25, 0.3) is 0 Å². The third kappa shape index (κ3) is 3.69. The summed E-state index contributed by atoms with van der Waals surface area (Å²) < 4.78 is 27.3. The van der Waals surface area contributed by atoms with Crippen molar-refractivity contribution in [2.45, 2.75) is 31.2 Å². The van der Waals surface area contributed by atoms with E-state index in [0.717, 1.165) is 24.0 Å². The zero-order valence-corrected chi connectivity index (χ0v) is 12.7. The highest BCUT2D eigenvalue weighted by Gasteiger charge is 2.25. The van der Waals surface area contributed by atoms with Crippen molar-refractivity contribution < 1.29 is 8.42 Å². The summed E-state index contributed by atoms with van der Waals surface area (Å²) in [7, 11) is -1.65. The van der Waals surface area contributed by atoms with E-state index in [1.807, 2.05) is 14.0 Å². The Balaban J connectivity index is 2.31. The van der Waals surface area contributed by atoms with Gasteiger partial charge in [-0.25, -0.2) is 13.1 Å². The van der Waals surface area contributed by atoms with E-state index in [1.54, 1.807) is 6.07 Å². The molecule has 0 atom stereocenters. The molecule has 0 bridgehead atoms. The number of hydrogen-bond donors (Lipinski definition) is 2. The van der Waals surface area contributed by atoms with E-state index < -0.39 is 10.0 Å². The third-order valence-corrected chi connectivity index (χ3v) is 5.12. The molecule has 0 spiro atoms. The Labute approximate surface area is 119 Å². The lowest BCUT2D eigenvalue weighted by Gasteiger charge is -2.13. The predicted octanol–water partition coefficient (Wildman–Crippen LogP) is 2.06. The van der Waals surface area contributed by atoms with Gasteiger partial charge >= 0.3 is 0 Å². The molecule has 0 radical (unpaired) electrons. The summed E-state index contributed by atoms with van der Waals surface area (Å²) in [6.07, 6.45) is 2.23. The normalized spacial score (nSPS) is 15.7. The van der Waals surface area contributed by atoms with Gasteiger partial charge in [-0.05, 0) is 56.0 Å². The highest BCUT2D eigenvalue weighted by molar-refractivity contribution is 7.89. The molecule has 19 heavy (non-hydrogen) atoms. The molecule has 0 amide bonds. The van der Waals surface area contributed by atoms with Crippen LogP contribution in [0.2, 0.25) is 5.02 Å². The third-order valence-electron chi connectivity index (χ3n) is 3.35. The van der Waals surface area contributed by atoms with Crippen molar-refractivity contribution in [2.75, 3.05) is 13.6 Å². The number of hydrogen-bond acceptors (Lipinski definition) is 3. The van der Waals surface area contributed by atoms with E-state index in [2.05, 4.69) is 10.0 Å². The molecule has 0 heterocycles. The largest absolute Gasteiger partial charge is 0.316 e. The van der Waals surface area contributed by atoms with Crippen molar-refractivity contribution in [3.63, 3.8) is 0 Å². The lowest BCUT2D eigenvalue weighted by Crippen LogP contribution is -2.27. The van der Waals surface area contributed by atoms with Gasteiger partial charge < -0.3 is 5.32 Å². The molecule has 0 aliphatic heterocycles. The minimum atomic E-state index is -3.47. The summed E-state index contributed by atoms with van der Waals surface area (Å²) in [5, 5.41) is 3.46. The first-order valence-corrected chi connectivity index (χ1v) is 8.23. The van der Waals surface area contributed by atoms with Crippen molar-refractivity contribution in [3.8, 4) is 0 Å². The zero-order chi connectivity index (χ0) is 14.0. The minimum Gasteiger partial charge on any atom is -0.316 e.